The Kier molecular flexibility index (Phi) is 8.09. The van der Waals surface area contributed by atoms with E-state index < -0.39 is 0 Å². The van der Waals surface area contributed by atoms with Gasteiger partial charge in [0.15, 0.2) is 0 Å². The van der Waals surface area contributed by atoms with Crippen LogP contribution in [0.15, 0.2) is 5.16 Å². The van der Waals surface area contributed by atoms with Crippen LogP contribution in [0.3, 0.4) is 0 Å². The Bertz CT molecular complexity index is 183. The van der Waals surface area contributed by atoms with Crippen molar-refractivity contribution in [3.8, 4) is 0 Å². The molecule has 0 saturated carbocycles. The van der Waals surface area contributed by atoms with Crippen LogP contribution in [-0.2, 0) is 0 Å². The molecule has 0 heterocycles. The first-order valence-corrected chi connectivity index (χ1v) is 5.81. The smallest absolute Gasteiger partial charge is 0.139 e. The molecule has 0 amide bonds. The van der Waals surface area contributed by atoms with E-state index in [0.717, 1.165) is 19.4 Å². The van der Waals surface area contributed by atoms with Crippen molar-refractivity contribution in [3.05, 3.63) is 0 Å². The van der Waals surface area contributed by atoms with Gasteiger partial charge < -0.3 is 16.3 Å². The monoisotopic (exact) mass is 215 g/mol. The lowest BCUT2D eigenvalue weighted by Gasteiger charge is -2.19. The molecule has 2 unspecified atom stereocenters. The molecule has 0 bridgehead atoms. The maximum absolute atomic E-state index is 8.33. The Morgan fingerprint density at radius 3 is 2.60 bits per heavy atom. The van der Waals surface area contributed by atoms with Crippen molar-refractivity contribution >= 4 is 5.84 Å². The van der Waals surface area contributed by atoms with E-state index in [0.29, 0.717) is 24.2 Å². The third-order valence-electron chi connectivity index (χ3n) is 2.95. The van der Waals surface area contributed by atoms with Crippen LogP contribution in [0, 0.1) is 5.92 Å². The Hall–Kier alpha value is -0.770. The summed E-state index contributed by atoms with van der Waals surface area (Å²) in [7, 11) is 0. The van der Waals surface area contributed by atoms with E-state index in [4.69, 9.17) is 10.9 Å². The second kappa shape index (κ2) is 8.53. The number of unbranched alkanes of at least 4 members (excludes halogenated alkanes) is 1. The molecule has 15 heavy (non-hydrogen) atoms. The Morgan fingerprint density at radius 2 is 2.07 bits per heavy atom. The number of hydrogen-bond donors (Lipinski definition) is 3. The molecule has 0 fully saturated rings. The van der Waals surface area contributed by atoms with Crippen LogP contribution < -0.4 is 11.1 Å². The van der Waals surface area contributed by atoms with E-state index in [-0.39, 0.29) is 0 Å². The minimum atomic E-state index is 0.324. The van der Waals surface area contributed by atoms with Gasteiger partial charge >= 0.3 is 0 Å². The van der Waals surface area contributed by atoms with Gasteiger partial charge in [-0.3, -0.25) is 0 Å². The van der Waals surface area contributed by atoms with E-state index in [1.54, 1.807) is 0 Å². The van der Waals surface area contributed by atoms with Crippen LogP contribution >= 0.6 is 0 Å². The van der Waals surface area contributed by atoms with Gasteiger partial charge in [0, 0.05) is 12.5 Å². The standard InChI is InChI=1S/C11H25N3O/c1-4-9(2)10(3)13-8-6-5-7-11(12)14-15/h9-10,13,15H,4-8H2,1-3H3,(H2,12,14). The molecule has 4 heteroatoms. The van der Waals surface area contributed by atoms with Gasteiger partial charge in [0.1, 0.15) is 5.84 Å². The second-order valence-electron chi connectivity index (χ2n) is 4.18. The quantitative estimate of drug-likeness (QED) is 0.190. The van der Waals surface area contributed by atoms with Crippen LogP contribution in [0.25, 0.3) is 0 Å². The predicted molar refractivity (Wildman–Crippen MR) is 64.2 cm³/mol. The van der Waals surface area contributed by atoms with Gasteiger partial charge in [-0.15, -0.1) is 0 Å². The molecule has 0 aromatic heterocycles. The van der Waals surface area contributed by atoms with Crippen molar-refractivity contribution in [1.29, 1.82) is 0 Å². The van der Waals surface area contributed by atoms with Crippen molar-refractivity contribution in [2.75, 3.05) is 6.54 Å². The Balaban J connectivity index is 3.38. The molecule has 2 atom stereocenters. The topological polar surface area (TPSA) is 70.6 Å². The number of oxime groups is 1. The summed E-state index contributed by atoms with van der Waals surface area (Å²) in [4.78, 5) is 0. The fourth-order valence-electron chi connectivity index (χ4n) is 1.37. The maximum atomic E-state index is 8.33. The Labute approximate surface area is 92.9 Å². The number of amidine groups is 1. The van der Waals surface area contributed by atoms with E-state index in [9.17, 15) is 0 Å². The molecule has 0 radical (unpaired) electrons. The maximum Gasteiger partial charge on any atom is 0.139 e. The molecule has 0 aromatic rings. The molecule has 90 valence electrons. The summed E-state index contributed by atoms with van der Waals surface area (Å²) in [5.41, 5.74) is 5.36. The van der Waals surface area contributed by atoms with Crippen LogP contribution in [0.5, 0.6) is 0 Å². The van der Waals surface area contributed by atoms with Crippen molar-refractivity contribution in [3.63, 3.8) is 0 Å². The van der Waals surface area contributed by atoms with E-state index in [1.165, 1.54) is 6.42 Å². The van der Waals surface area contributed by atoms with Gasteiger partial charge in [-0.05, 0) is 32.2 Å². The highest BCUT2D eigenvalue weighted by atomic mass is 16.4. The van der Waals surface area contributed by atoms with Gasteiger partial charge in [0.2, 0.25) is 0 Å². The lowest BCUT2D eigenvalue weighted by molar-refractivity contribution is 0.316. The number of nitrogens with one attached hydrogen (secondary N) is 1. The summed E-state index contributed by atoms with van der Waals surface area (Å²) in [6, 6.07) is 0.568. The second-order valence-corrected chi connectivity index (χ2v) is 4.18. The summed E-state index contributed by atoms with van der Waals surface area (Å²) < 4.78 is 0. The van der Waals surface area contributed by atoms with Gasteiger partial charge in [-0.25, -0.2) is 0 Å². The largest absolute Gasteiger partial charge is 0.409 e. The van der Waals surface area contributed by atoms with E-state index in [2.05, 4.69) is 31.2 Å². The van der Waals surface area contributed by atoms with Crippen molar-refractivity contribution in [1.82, 2.24) is 5.32 Å². The average Bonchev–Trinajstić information content (AvgIpc) is 2.26. The highest BCUT2D eigenvalue weighted by Gasteiger charge is 2.08. The highest BCUT2D eigenvalue weighted by molar-refractivity contribution is 5.79. The number of rotatable bonds is 8. The summed E-state index contributed by atoms with van der Waals surface area (Å²) in [5.74, 6) is 1.04. The lowest BCUT2D eigenvalue weighted by Crippen LogP contribution is -2.32. The molecule has 4 nitrogen and oxygen atoms in total. The minimum absolute atomic E-state index is 0.324. The molecule has 0 aliphatic heterocycles. The summed E-state index contributed by atoms with van der Waals surface area (Å²) in [6.07, 6.45) is 3.92. The zero-order valence-corrected chi connectivity index (χ0v) is 10.2. The van der Waals surface area contributed by atoms with Crippen LogP contribution in [0.4, 0.5) is 0 Å². The fourth-order valence-corrected chi connectivity index (χ4v) is 1.37. The summed E-state index contributed by atoms with van der Waals surface area (Å²) >= 11 is 0. The Morgan fingerprint density at radius 1 is 1.40 bits per heavy atom. The molecule has 0 spiro atoms. The van der Waals surface area contributed by atoms with Gasteiger partial charge in [-0.1, -0.05) is 25.4 Å². The number of hydrogen-bond acceptors (Lipinski definition) is 3. The van der Waals surface area contributed by atoms with Crippen molar-refractivity contribution < 1.29 is 5.21 Å². The SMILES string of the molecule is CCC(C)C(C)NCCCCC(N)=NO. The molecule has 0 saturated heterocycles. The van der Waals surface area contributed by atoms with Crippen LogP contribution in [0.1, 0.15) is 46.5 Å². The summed E-state index contributed by atoms with van der Waals surface area (Å²) in [6.45, 7) is 7.69. The van der Waals surface area contributed by atoms with E-state index >= 15 is 0 Å². The predicted octanol–water partition coefficient (Wildman–Crippen LogP) is 1.93. The first-order chi connectivity index (χ1) is 7.11. The molecule has 4 N–H and O–H groups in total. The number of nitrogens with zero attached hydrogens (tertiary/aromatic N) is 1. The molecule has 0 aliphatic rings. The fraction of sp³-hybridized carbons (Fsp3) is 0.909. The third kappa shape index (κ3) is 7.19. The van der Waals surface area contributed by atoms with E-state index in [1.807, 2.05) is 0 Å². The third-order valence-corrected chi connectivity index (χ3v) is 2.95. The first kappa shape index (κ1) is 14.2. The molecular weight excluding hydrogens is 190 g/mol. The molecule has 0 rings (SSSR count). The highest BCUT2D eigenvalue weighted by Crippen LogP contribution is 2.06. The average molecular weight is 215 g/mol. The zero-order chi connectivity index (χ0) is 11.7. The molecule has 0 aromatic carbocycles. The molecular formula is C11H25N3O. The lowest BCUT2D eigenvalue weighted by atomic mass is 10.0. The van der Waals surface area contributed by atoms with Crippen molar-refractivity contribution in [2.45, 2.75) is 52.5 Å². The summed E-state index contributed by atoms with van der Waals surface area (Å²) in [5, 5.41) is 14.8. The first-order valence-electron chi connectivity index (χ1n) is 5.81. The van der Waals surface area contributed by atoms with Gasteiger partial charge in [0.05, 0.1) is 0 Å². The van der Waals surface area contributed by atoms with Gasteiger partial charge in [-0.2, -0.15) is 0 Å². The minimum Gasteiger partial charge on any atom is -0.409 e. The van der Waals surface area contributed by atoms with Crippen molar-refractivity contribution in [2.24, 2.45) is 16.8 Å². The zero-order valence-electron chi connectivity index (χ0n) is 10.2. The normalized spacial score (nSPS) is 16.3. The van der Waals surface area contributed by atoms with Crippen LogP contribution in [0.2, 0.25) is 0 Å². The molecule has 0 aliphatic carbocycles. The van der Waals surface area contributed by atoms with Gasteiger partial charge in [0.25, 0.3) is 0 Å². The number of nitrogens with two attached hydrogens (primary N) is 1. The van der Waals surface area contributed by atoms with Crippen LogP contribution in [-0.4, -0.2) is 23.6 Å².